The van der Waals surface area contributed by atoms with Crippen molar-refractivity contribution in [3.05, 3.63) is 112 Å². The summed E-state index contributed by atoms with van der Waals surface area (Å²) in [6.45, 7) is 9.38. The van der Waals surface area contributed by atoms with Gasteiger partial charge < -0.3 is 19.3 Å². The number of ether oxygens (including phenoxy) is 3. The highest BCUT2D eigenvalue weighted by Crippen LogP contribution is 2.41. The van der Waals surface area contributed by atoms with Gasteiger partial charge in [-0.15, -0.1) is 23.5 Å². The first-order valence-corrected chi connectivity index (χ1v) is 22.5. The van der Waals surface area contributed by atoms with Crippen LogP contribution in [0.2, 0.25) is 25.7 Å². The van der Waals surface area contributed by atoms with Gasteiger partial charge in [-0.2, -0.15) is 0 Å². The summed E-state index contributed by atoms with van der Waals surface area (Å²) in [5.74, 6) is 0.325. The maximum atomic E-state index is 12.9. The molecule has 0 unspecified atom stereocenters. The maximum Gasteiger partial charge on any atom is 0.339 e. The number of hydrogen-bond acceptors (Lipinski definition) is 9. The molecular weight excluding hydrogens is 697 g/mol. The third-order valence-electron chi connectivity index (χ3n) is 8.27. The number of aromatic carboxylic acids is 1. The fraction of sp³-hybridized carbons (Fsp3) is 0.300. The number of carboxylic acids is 1. The van der Waals surface area contributed by atoms with Crippen LogP contribution in [0.15, 0.2) is 92.6 Å². The Hall–Kier alpha value is -4.16. The van der Waals surface area contributed by atoms with Crippen molar-refractivity contribution in [3.63, 3.8) is 0 Å². The molecule has 6 rings (SSSR count). The van der Waals surface area contributed by atoms with E-state index in [1.54, 1.807) is 35.8 Å². The Morgan fingerprint density at radius 1 is 0.804 bits per heavy atom. The highest BCUT2D eigenvalue weighted by atomic mass is 32.2. The number of thioether (sulfide) groups is 2. The first-order chi connectivity index (χ1) is 24.6. The standard InChI is InChI=1S/C22H27NO2SSi.C18H17NO4S/c1-16-14-17-10-11-23-21(17)19(15-26-18-8-6-5-7-9-18)20(16)22(24)25-12-13-27(2,3)4;1-22-11-23-15-9-12-7-8-19-17(12)14(16(15)18(20)21)10-24-13-5-3-2-4-6-13/h5-9,11,14H,10,12-13,15H2,1-4H3;2-6,8-9H,7,10-11H2,1H3,(H,20,21). The zero-order valence-electron chi connectivity index (χ0n) is 29.7. The summed E-state index contributed by atoms with van der Waals surface area (Å²) in [5, 5.41) is 9.69. The molecule has 2 aliphatic rings. The molecule has 0 spiro atoms. The van der Waals surface area contributed by atoms with Gasteiger partial charge in [0.05, 0.1) is 23.5 Å². The number of aryl methyl sites for hydroxylation is 1. The molecule has 0 aliphatic carbocycles. The van der Waals surface area contributed by atoms with Gasteiger partial charge >= 0.3 is 11.9 Å². The number of fused-ring (bicyclic) bond motifs is 2. The average molecular weight is 741 g/mol. The molecule has 8 nitrogen and oxygen atoms in total. The molecule has 0 saturated heterocycles. The van der Waals surface area contributed by atoms with Gasteiger partial charge in [0.2, 0.25) is 0 Å². The van der Waals surface area contributed by atoms with Crippen molar-refractivity contribution in [3.8, 4) is 5.75 Å². The lowest BCUT2D eigenvalue weighted by atomic mass is 9.96. The third kappa shape index (κ3) is 10.2. The second kappa shape index (κ2) is 17.9. The van der Waals surface area contributed by atoms with E-state index in [-0.39, 0.29) is 18.3 Å². The second-order valence-corrected chi connectivity index (χ2v) is 21.0. The molecule has 0 saturated carbocycles. The molecular formula is C40H44N2O6S2Si. The Morgan fingerprint density at radius 3 is 1.84 bits per heavy atom. The molecule has 0 atom stereocenters. The average Bonchev–Trinajstić information content (AvgIpc) is 3.78. The van der Waals surface area contributed by atoms with Crippen LogP contribution >= 0.6 is 23.5 Å². The lowest BCUT2D eigenvalue weighted by Crippen LogP contribution is -2.23. The van der Waals surface area contributed by atoms with E-state index in [4.69, 9.17) is 14.2 Å². The largest absolute Gasteiger partial charge is 0.478 e. The summed E-state index contributed by atoms with van der Waals surface area (Å²) in [4.78, 5) is 36.0. The van der Waals surface area contributed by atoms with E-state index < -0.39 is 14.0 Å². The summed E-state index contributed by atoms with van der Waals surface area (Å²) >= 11 is 3.31. The number of methoxy groups -OCH3 is 1. The van der Waals surface area contributed by atoms with Crippen molar-refractivity contribution >= 4 is 67.3 Å². The lowest BCUT2D eigenvalue weighted by Gasteiger charge is -2.18. The maximum absolute atomic E-state index is 12.9. The van der Waals surface area contributed by atoms with Crippen LogP contribution in [-0.4, -0.2) is 58.1 Å². The molecule has 2 aliphatic heterocycles. The Kier molecular flexibility index (Phi) is 13.3. The van der Waals surface area contributed by atoms with E-state index >= 15 is 0 Å². The monoisotopic (exact) mass is 740 g/mol. The van der Waals surface area contributed by atoms with Gasteiger partial charge in [-0.1, -0.05) is 62.1 Å². The van der Waals surface area contributed by atoms with Crippen molar-refractivity contribution in [2.45, 2.75) is 66.7 Å². The molecule has 51 heavy (non-hydrogen) atoms. The molecule has 266 valence electrons. The predicted octanol–water partition coefficient (Wildman–Crippen LogP) is 9.96. The SMILES string of the molecule is COCOc1cc2c(c(CSc3ccccc3)c1C(=O)O)N=CC2.Cc1cc2c(c(CSc3ccccc3)c1C(=O)OCC[Si](C)(C)C)N=CC2. The number of rotatable bonds is 14. The summed E-state index contributed by atoms with van der Waals surface area (Å²) in [5.41, 5.74) is 7.44. The van der Waals surface area contributed by atoms with E-state index in [2.05, 4.69) is 47.8 Å². The van der Waals surface area contributed by atoms with Crippen LogP contribution in [-0.2, 0) is 33.8 Å². The molecule has 1 N–H and O–H groups in total. The fourth-order valence-corrected chi connectivity index (χ4v) is 8.32. The smallest absolute Gasteiger partial charge is 0.339 e. The highest BCUT2D eigenvalue weighted by Gasteiger charge is 2.26. The minimum Gasteiger partial charge on any atom is -0.478 e. The van der Waals surface area contributed by atoms with Gasteiger partial charge in [-0.3, -0.25) is 9.98 Å². The quantitative estimate of drug-likeness (QED) is 0.0590. The van der Waals surface area contributed by atoms with Gasteiger partial charge in [0.25, 0.3) is 0 Å². The molecule has 0 aromatic heterocycles. The zero-order valence-corrected chi connectivity index (χ0v) is 32.4. The zero-order chi connectivity index (χ0) is 36.4. The number of benzene rings is 4. The third-order valence-corrected chi connectivity index (χ3v) is 12.1. The van der Waals surface area contributed by atoms with Crippen molar-refractivity contribution in [2.24, 2.45) is 9.98 Å². The van der Waals surface area contributed by atoms with Gasteiger partial charge in [0, 0.05) is 72.9 Å². The second-order valence-electron chi connectivity index (χ2n) is 13.3. The number of nitrogens with zero attached hydrogens (tertiary/aromatic N) is 2. The normalized spacial score (nSPS) is 12.6. The topological polar surface area (TPSA) is 107 Å². The molecule has 0 bridgehead atoms. The van der Waals surface area contributed by atoms with Gasteiger partial charge in [0.15, 0.2) is 6.79 Å². The number of hydrogen-bond donors (Lipinski definition) is 1. The Balaban J connectivity index is 0.000000199. The predicted molar refractivity (Wildman–Crippen MR) is 211 cm³/mol. The van der Waals surface area contributed by atoms with Crippen molar-refractivity contribution < 1.29 is 28.9 Å². The van der Waals surface area contributed by atoms with E-state index in [0.29, 0.717) is 41.4 Å². The van der Waals surface area contributed by atoms with E-state index in [1.165, 1.54) is 17.6 Å². The molecule has 4 aromatic rings. The number of carboxylic acid groups (broad SMARTS) is 1. The molecule has 2 heterocycles. The number of carbonyl (C=O) groups excluding carboxylic acids is 1. The molecule has 11 heteroatoms. The van der Waals surface area contributed by atoms with Crippen LogP contribution in [0.4, 0.5) is 11.4 Å². The minimum atomic E-state index is -1.23. The van der Waals surface area contributed by atoms with Gasteiger partial charge in [-0.05, 0) is 60.0 Å². The van der Waals surface area contributed by atoms with E-state index in [0.717, 1.165) is 45.4 Å². The van der Waals surface area contributed by atoms with Crippen molar-refractivity contribution in [2.75, 3.05) is 20.5 Å². The van der Waals surface area contributed by atoms with E-state index in [1.807, 2.05) is 61.7 Å². The number of carbonyl (C=O) groups is 2. The van der Waals surface area contributed by atoms with Crippen molar-refractivity contribution in [1.82, 2.24) is 0 Å². The van der Waals surface area contributed by atoms with Gasteiger partial charge in [0.1, 0.15) is 11.3 Å². The first kappa shape index (κ1) is 38.1. The Bertz CT molecular complexity index is 1910. The number of esters is 1. The van der Waals surface area contributed by atoms with E-state index in [9.17, 15) is 14.7 Å². The molecule has 0 fully saturated rings. The summed E-state index contributed by atoms with van der Waals surface area (Å²) in [6, 6.07) is 25.0. The summed E-state index contributed by atoms with van der Waals surface area (Å²) < 4.78 is 16.1. The molecule has 0 amide bonds. The highest BCUT2D eigenvalue weighted by molar-refractivity contribution is 7.98. The molecule has 4 aromatic carbocycles. The lowest BCUT2D eigenvalue weighted by molar-refractivity contribution is 0.0481. The van der Waals surface area contributed by atoms with Crippen LogP contribution in [0.1, 0.15) is 48.5 Å². The minimum absolute atomic E-state index is 0.00515. The first-order valence-electron chi connectivity index (χ1n) is 16.8. The fourth-order valence-electron chi connectivity index (χ4n) is 5.72. The van der Waals surface area contributed by atoms with Crippen molar-refractivity contribution in [1.29, 1.82) is 0 Å². The summed E-state index contributed by atoms with van der Waals surface area (Å²) in [7, 11) is 0.270. The number of aliphatic imine (C=N–C) groups is 2. The van der Waals surface area contributed by atoms with Crippen LogP contribution in [0.3, 0.4) is 0 Å². The van der Waals surface area contributed by atoms with Crippen LogP contribution in [0.25, 0.3) is 0 Å². The Morgan fingerprint density at radius 2 is 1.33 bits per heavy atom. The van der Waals surface area contributed by atoms with Gasteiger partial charge in [-0.25, -0.2) is 9.59 Å². The summed E-state index contributed by atoms with van der Waals surface area (Å²) in [6.07, 6.45) is 5.25. The Labute approximate surface area is 309 Å². The van der Waals surface area contributed by atoms with Crippen LogP contribution in [0.5, 0.6) is 5.75 Å². The van der Waals surface area contributed by atoms with Crippen LogP contribution < -0.4 is 4.74 Å². The molecule has 0 radical (unpaired) electrons. The van der Waals surface area contributed by atoms with Crippen LogP contribution in [0, 0.1) is 6.92 Å².